The fourth-order valence-electron chi connectivity index (χ4n) is 1.95. The number of hydrogen-bond donors (Lipinski definition) is 1. The molecule has 0 saturated heterocycles. The highest BCUT2D eigenvalue weighted by atomic mass is 19.1. The van der Waals surface area contributed by atoms with Gasteiger partial charge in [-0.05, 0) is 38.1 Å². The summed E-state index contributed by atoms with van der Waals surface area (Å²) >= 11 is 0. The summed E-state index contributed by atoms with van der Waals surface area (Å²) in [5, 5.41) is 13.3. The maximum Gasteiger partial charge on any atom is 0.274 e. The summed E-state index contributed by atoms with van der Waals surface area (Å²) in [6.07, 6.45) is 0. The lowest BCUT2D eigenvalue weighted by Crippen LogP contribution is -2.37. The molecule has 5 nitrogen and oxygen atoms in total. The number of nitrogens with zero attached hydrogens (tertiary/aromatic N) is 3. The number of aryl methyl sites for hydroxylation is 1. The second kappa shape index (κ2) is 6.05. The predicted octanol–water partition coefficient (Wildman–Crippen LogP) is 1.77. The van der Waals surface area contributed by atoms with Gasteiger partial charge in [0.15, 0.2) is 5.69 Å². The molecular weight excluding hydrogens is 273 g/mol. The predicted molar refractivity (Wildman–Crippen MR) is 76.9 cm³/mol. The van der Waals surface area contributed by atoms with Gasteiger partial charge in [0.1, 0.15) is 5.82 Å². The number of halogens is 1. The summed E-state index contributed by atoms with van der Waals surface area (Å²) in [7, 11) is 1.61. The Labute approximate surface area is 122 Å². The molecule has 2 rings (SSSR count). The smallest absolute Gasteiger partial charge is 0.274 e. The van der Waals surface area contributed by atoms with Crippen molar-refractivity contribution in [2.75, 3.05) is 13.7 Å². The second-order valence-electron chi connectivity index (χ2n) is 5.01. The Hall–Kier alpha value is -2.21. The Morgan fingerprint density at radius 3 is 2.81 bits per heavy atom. The maximum atomic E-state index is 13.3. The Morgan fingerprint density at radius 2 is 2.19 bits per heavy atom. The largest absolute Gasteiger partial charge is 0.394 e. The molecule has 2 aromatic rings. The third kappa shape index (κ3) is 3.11. The minimum atomic E-state index is -0.360. The van der Waals surface area contributed by atoms with Crippen LogP contribution in [0.4, 0.5) is 4.39 Å². The summed E-state index contributed by atoms with van der Waals surface area (Å²) < 4.78 is 14.8. The molecule has 0 fully saturated rings. The van der Waals surface area contributed by atoms with E-state index < -0.39 is 0 Å². The van der Waals surface area contributed by atoms with E-state index in [1.165, 1.54) is 21.7 Å². The molecule has 1 atom stereocenters. The molecule has 0 aliphatic carbocycles. The van der Waals surface area contributed by atoms with E-state index in [0.29, 0.717) is 5.69 Å². The van der Waals surface area contributed by atoms with Crippen LogP contribution in [0, 0.1) is 12.7 Å². The standard InChI is InChI=1S/C15H18FN3O2/c1-10-7-14(15(21)18(3)11(2)9-20)17-19(10)13-6-4-5-12(16)8-13/h4-8,11,20H,9H2,1-3H3. The molecule has 1 N–H and O–H groups in total. The molecule has 0 bridgehead atoms. The van der Waals surface area contributed by atoms with Gasteiger partial charge in [-0.15, -0.1) is 0 Å². The summed E-state index contributed by atoms with van der Waals surface area (Å²) in [6, 6.07) is 7.37. The van der Waals surface area contributed by atoms with E-state index in [0.717, 1.165) is 5.69 Å². The second-order valence-corrected chi connectivity index (χ2v) is 5.01. The average molecular weight is 291 g/mol. The van der Waals surface area contributed by atoms with Crippen LogP contribution in [-0.2, 0) is 0 Å². The monoisotopic (exact) mass is 291 g/mol. The van der Waals surface area contributed by atoms with Crippen LogP contribution < -0.4 is 0 Å². The van der Waals surface area contributed by atoms with Crippen LogP contribution in [0.1, 0.15) is 23.1 Å². The zero-order valence-electron chi connectivity index (χ0n) is 12.2. The minimum Gasteiger partial charge on any atom is -0.394 e. The lowest BCUT2D eigenvalue weighted by atomic mass is 10.2. The van der Waals surface area contributed by atoms with Crippen molar-refractivity contribution in [2.45, 2.75) is 19.9 Å². The maximum absolute atomic E-state index is 13.3. The number of aliphatic hydroxyl groups is 1. The van der Waals surface area contributed by atoms with E-state index in [1.807, 2.05) is 0 Å². The number of benzene rings is 1. The molecule has 1 heterocycles. The highest BCUT2D eigenvalue weighted by Gasteiger charge is 2.20. The topological polar surface area (TPSA) is 58.4 Å². The van der Waals surface area contributed by atoms with Gasteiger partial charge in [-0.1, -0.05) is 6.07 Å². The summed E-state index contributed by atoms with van der Waals surface area (Å²) in [5.41, 5.74) is 1.55. The molecule has 0 aliphatic rings. The van der Waals surface area contributed by atoms with Gasteiger partial charge in [-0.2, -0.15) is 5.10 Å². The highest BCUT2D eigenvalue weighted by Crippen LogP contribution is 2.15. The van der Waals surface area contributed by atoms with Gasteiger partial charge < -0.3 is 10.0 Å². The van der Waals surface area contributed by atoms with Gasteiger partial charge >= 0.3 is 0 Å². The first-order valence-electron chi connectivity index (χ1n) is 6.64. The molecule has 1 unspecified atom stereocenters. The lowest BCUT2D eigenvalue weighted by molar-refractivity contribution is 0.0676. The zero-order chi connectivity index (χ0) is 15.6. The molecule has 6 heteroatoms. The third-order valence-corrected chi connectivity index (χ3v) is 3.41. The van der Waals surface area contributed by atoms with Crippen molar-refractivity contribution in [3.8, 4) is 5.69 Å². The van der Waals surface area contributed by atoms with Crippen LogP contribution in [0.2, 0.25) is 0 Å². The number of aliphatic hydroxyl groups excluding tert-OH is 1. The van der Waals surface area contributed by atoms with Crippen molar-refractivity contribution in [2.24, 2.45) is 0 Å². The van der Waals surface area contributed by atoms with Crippen LogP contribution in [0.5, 0.6) is 0 Å². The molecule has 1 aromatic carbocycles. The van der Waals surface area contributed by atoms with E-state index in [-0.39, 0.29) is 30.1 Å². The van der Waals surface area contributed by atoms with Gasteiger partial charge in [0, 0.05) is 12.7 Å². The molecule has 0 spiro atoms. The van der Waals surface area contributed by atoms with Gasteiger partial charge in [0.2, 0.25) is 0 Å². The molecule has 0 saturated carbocycles. The number of likely N-dealkylation sites (N-methyl/N-ethyl adjacent to an activating group) is 1. The molecule has 1 aromatic heterocycles. The van der Waals surface area contributed by atoms with E-state index in [1.54, 1.807) is 39.1 Å². The number of aromatic nitrogens is 2. The number of carbonyl (C=O) groups is 1. The van der Waals surface area contributed by atoms with Gasteiger partial charge in [-0.25, -0.2) is 9.07 Å². The first-order valence-corrected chi connectivity index (χ1v) is 6.64. The van der Waals surface area contributed by atoms with Crippen molar-refractivity contribution in [1.29, 1.82) is 0 Å². The van der Waals surface area contributed by atoms with Crippen LogP contribution in [0.25, 0.3) is 5.69 Å². The lowest BCUT2D eigenvalue weighted by Gasteiger charge is -2.21. The first kappa shape index (κ1) is 15.2. The average Bonchev–Trinajstić information content (AvgIpc) is 2.86. The normalized spacial score (nSPS) is 12.2. The molecular formula is C15H18FN3O2. The quantitative estimate of drug-likeness (QED) is 0.934. The SMILES string of the molecule is Cc1cc(C(=O)N(C)C(C)CO)nn1-c1cccc(F)c1. The first-order chi connectivity index (χ1) is 9.93. The number of rotatable bonds is 4. The van der Waals surface area contributed by atoms with Crippen molar-refractivity contribution < 1.29 is 14.3 Å². The summed E-state index contributed by atoms with van der Waals surface area (Å²) in [5.74, 6) is -0.642. The van der Waals surface area contributed by atoms with E-state index >= 15 is 0 Å². The fraction of sp³-hybridized carbons (Fsp3) is 0.333. The molecule has 1 amide bonds. The van der Waals surface area contributed by atoms with Crippen molar-refractivity contribution in [3.05, 3.63) is 47.5 Å². The van der Waals surface area contributed by atoms with Gasteiger partial charge in [-0.3, -0.25) is 4.79 Å². The van der Waals surface area contributed by atoms with Crippen molar-refractivity contribution in [3.63, 3.8) is 0 Å². The van der Waals surface area contributed by atoms with E-state index in [2.05, 4.69) is 5.10 Å². The Balaban J connectivity index is 2.33. The molecule has 0 aliphatic heterocycles. The highest BCUT2D eigenvalue weighted by molar-refractivity contribution is 5.92. The van der Waals surface area contributed by atoms with Crippen molar-refractivity contribution >= 4 is 5.91 Å². The van der Waals surface area contributed by atoms with Crippen LogP contribution in [-0.4, -0.2) is 45.4 Å². The van der Waals surface area contributed by atoms with Gasteiger partial charge in [0.25, 0.3) is 5.91 Å². The third-order valence-electron chi connectivity index (χ3n) is 3.41. The number of amides is 1. The van der Waals surface area contributed by atoms with Crippen LogP contribution in [0.3, 0.4) is 0 Å². The Bertz CT molecular complexity index is 654. The van der Waals surface area contributed by atoms with E-state index in [9.17, 15) is 9.18 Å². The Morgan fingerprint density at radius 1 is 1.48 bits per heavy atom. The summed E-state index contributed by atoms with van der Waals surface area (Å²) in [4.78, 5) is 13.7. The number of carbonyl (C=O) groups excluding carboxylic acids is 1. The molecule has 0 radical (unpaired) electrons. The van der Waals surface area contributed by atoms with Crippen LogP contribution >= 0.6 is 0 Å². The Kier molecular flexibility index (Phi) is 4.37. The fourth-order valence-corrected chi connectivity index (χ4v) is 1.95. The number of hydrogen-bond acceptors (Lipinski definition) is 3. The van der Waals surface area contributed by atoms with Crippen LogP contribution in [0.15, 0.2) is 30.3 Å². The van der Waals surface area contributed by atoms with Crippen molar-refractivity contribution in [1.82, 2.24) is 14.7 Å². The minimum absolute atomic E-state index is 0.119. The molecule has 112 valence electrons. The van der Waals surface area contributed by atoms with E-state index in [4.69, 9.17) is 5.11 Å². The van der Waals surface area contributed by atoms with Gasteiger partial charge in [0.05, 0.1) is 18.3 Å². The zero-order valence-corrected chi connectivity index (χ0v) is 12.2. The summed E-state index contributed by atoms with van der Waals surface area (Å²) in [6.45, 7) is 3.42. The molecule has 21 heavy (non-hydrogen) atoms.